The van der Waals surface area contributed by atoms with Crippen LogP contribution in [-0.2, 0) is 10.2 Å². The van der Waals surface area contributed by atoms with Crippen molar-refractivity contribution in [2.24, 2.45) is 0 Å². The zero-order chi connectivity index (χ0) is 15.6. The summed E-state index contributed by atoms with van der Waals surface area (Å²) in [6.07, 6.45) is 0. The van der Waals surface area contributed by atoms with E-state index in [4.69, 9.17) is 0 Å². The van der Waals surface area contributed by atoms with Gasteiger partial charge in [-0.05, 0) is 37.6 Å². The SMILES string of the molecule is Cc1ccc(C)c(C(=O)Nc2ccccc2S(=O)(=O)F)c1. The van der Waals surface area contributed by atoms with E-state index < -0.39 is 21.0 Å². The normalized spacial score (nSPS) is 11.2. The summed E-state index contributed by atoms with van der Waals surface area (Å²) in [4.78, 5) is 11.7. The summed E-state index contributed by atoms with van der Waals surface area (Å²) in [5.74, 6) is -0.479. The highest BCUT2D eigenvalue weighted by Crippen LogP contribution is 2.23. The molecule has 1 amide bonds. The second kappa shape index (κ2) is 5.65. The lowest BCUT2D eigenvalue weighted by Crippen LogP contribution is -2.15. The lowest BCUT2D eigenvalue weighted by molar-refractivity contribution is 0.102. The Kier molecular flexibility index (Phi) is 4.09. The molecule has 0 atom stereocenters. The van der Waals surface area contributed by atoms with Gasteiger partial charge in [0.25, 0.3) is 5.91 Å². The minimum Gasteiger partial charge on any atom is -0.321 e. The fraction of sp³-hybridized carbons (Fsp3) is 0.133. The van der Waals surface area contributed by atoms with Gasteiger partial charge in [-0.3, -0.25) is 4.79 Å². The zero-order valence-electron chi connectivity index (χ0n) is 11.6. The molecule has 0 aliphatic heterocycles. The monoisotopic (exact) mass is 307 g/mol. The van der Waals surface area contributed by atoms with Crippen molar-refractivity contribution in [3.8, 4) is 0 Å². The fourth-order valence-electron chi connectivity index (χ4n) is 1.95. The molecule has 4 nitrogen and oxygen atoms in total. The fourth-order valence-corrected chi connectivity index (χ4v) is 2.58. The van der Waals surface area contributed by atoms with Gasteiger partial charge in [0.1, 0.15) is 4.90 Å². The van der Waals surface area contributed by atoms with Crippen LogP contribution in [-0.4, -0.2) is 14.3 Å². The van der Waals surface area contributed by atoms with E-state index in [0.29, 0.717) is 5.56 Å². The van der Waals surface area contributed by atoms with E-state index in [1.165, 1.54) is 18.2 Å². The third-order valence-electron chi connectivity index (χ3n) is 3.04. The predicted molar refractivity (Wildman–Crippen MR) is 78.6 cm³/mol. The van der Waals surface area contributed by atoms with Gasteiger partial charge in [0, 0.05) is 5.56 Å². The number of para-hydroxylation sites is 1. The minimum atomic E-state index is -4.89. The maximum Gasteiger partial charge on any atom is 0.334 e. The van der Waals surface area contributed by atoms with Gasteiger partial charge in [-0.2, -0.15) is 8.42 Å². The molecule has 2 rings (SSSR count). The molecule has 6 heteroatoms. The van der Waals surface area contributed by atoms with Crippen molar-refractivity contribution < 1.29 is 17.1 Å². The van der Waals surface area contributed by atoms with Gasteiger partial charge in [-0.1, -0.05) is 29.8 Å². The van der Waals surface area contributed by atoms with Crippen molar-refractivity contribution in [2.45, 2.75) is 18.7 Å². The average Bonchev–Trinajstić information content (AvgIpc) is 2.41. The molecule has 110 valence electrons. The molecule has 0 spiro atoms. The summed E-state index contributed by atoms with van der Waals surface area (Å²) in [7, 11) is -4.89. The molecule has 0 saturated heterocycles. The third-order valence-corrected chi connectivity index (χ3v) is 3.92. The van der Waals surface area contributed by atoms with Gasteiger partial charge < -0.3 is 5.32 Å². The number of halogens is 1. The smallest absolute Gasteiger partial charge is 0.321 e. The zero-order valence-corrected chi connectivity index (χ0v) is 12.4. The maximum atomic E-state index is 13.2. The van der Waals surface area contributed by atoms with Crippen LogP contribution in [0.1, 0.15) is 21.5 Å². The van der Waals surface area contributed by atoms with Crippen LogP contribution >= 0.6 is 0 Å². The van der Waals surface area contributed by atoms with E-state index in [0.717, 1.165) is 17.2 Å². The molecular formula is C15H14FNO3S. The summed E-state index contributed by atoms with van der Waals surface area (Å²) in [6.45, 7) is 3.61. The van der Waals surface area contributed by atoms with Gasteiger partial charge in [-0.15, -0.1) is 3.89 Å². The Hall–Kier alpha value is -2.21. The van der Waals surface area contributed by atoms with E-state index >= 15 is 0 Å². The van der Waals surface area contributed by atoms with Crippen LogP contribution in [0.3, 0.4) is 0 Å². The Bertz CT molecular complexity index is 800. The van der Waals surface area contributed by atoms with Crippen LogP contribution in [0.2, 0.25) is 0 Å². The second-order valence-electron chi connectivity index (χ2n) is 4.71. The molecule has 0 unspecified atom stereocenters. The van der Waals surface area contributed by atoms with Gasteiger partial charge in [0.05, 0.1) is 5.69 Å². The lowest BCUT2D eigenvalue weighted by atomic mass is 10.1. The second-order valence-corrected chi connectivity index (χ2v) is 6.02. The third kappa shape index (κ3) is 3.46. The topological polar surface area (TPSA) is 63.2 Å². The van der Waals surface area contributed by atoms with Crippen LogP contribution in [0, 0.1) is 13.8 Å². The molecule has 0 aromatic heterocycles. The van der Waals surface area contributed by atoms with Gasteiger partial charge >= 0.3 is 10.2 Å². The molecule has 0 bridgehead atoms. The maximum absolute atomic E-state index is 13.2. The van der Waals surface area contributed by atoms with Crippen molar-refractivity contribution in [2.75, 3.05) is 5.32 Å². The Morgan fingerprint density at radius 1 is 1.10 bits per heavy atom. The number of rotatable bonds is 3. The van der Waals surface area contributed by atoms with Crippen molar-refractivity contribution in [3.63, 3.8) is 0 Å². The van der Waals surface area contributed by atoms with E-state index in [1.807, 2.05) is 13.0 Å². The van der Waals surface area contributed by atoms with E-state index in [2.05, 4.69) is 5.32 Å². The molecule has 0 heterocycles. The minimum absolute atomic E-state index is 0.0779. The highest BCUT2D eigenvalue weighted by molar-refractivity contribution is 7.86. The summed E-state index contributed by atoms with van der Waals surface area (Å²) in [6, 6.07) is 10.7. The number of carbonyl (C=O) groups is 1. The van der Waals surface area contributed by atoms with E-state index in [-0.39, 0.29) is 5.69 Å². The first-order valence-corrected chi connectivity index (χ1v) is 7.59. The standard InChI is InChI=1S/C15H14FNO3S/c1-10-7-8-11(2)12(9-10)15(18)17-13-5-3-4-6-14(13)21(16,19)20/h3-9H,1-2H3,(H,17,18). The van der Waals surface area contributed by atoms with Crippen LogP contribution in [0.15, 0.2) is 47.4 Å². The quantitative estimate of drug-likeness (QED) is 0.886. The number of amides is 1. The molecule has 2 aromatic carbocycles. The van der Waals surface area contributed by atoms with Crippen LogP contribution in [0.25, 0.3) is 0 Å². The average molecular weight is 307 g/mol. The summed E-state index contributed by atoms with van der Waals surface area (Å²) in [5, 5.41) is 2.44. The Morgan fingerprint density at radius 2 is 1.76 bits per heavy atom. The molecule has 0 radical (unpaired) electrons. The molecule has 21 heavy (non-hydrogen) atoms. The number of hydrogen-bond donors (Lipinski definition) is 1. The van der Waals surface area contributed by atoms with Crippen molar-refractivity contribution in [1.29, 1.82) is 0 Å². The molecular weight excluding hydrogens is 293 g/mol. The first-order valence-electron chi connectivity index (χ1n) is 6.21. The van der Waals surface area contributed by atoms with Crippen molar-refractivity contribution in [3.05, 3.63) is 59.2 Å². The van der Waals surface area contributed by atoms with Crippen LogP contribution < -0.4 is 5.32 Å². The van der Waals surface area contributed by atoms with E-state index in [9.17, 15) is 17.1 Å². The number of benzene rings is 2. The highest BCUT2D eigenvalue weighted by atomic mass is 32.3. The van der Waals surface area contributed by atoms with Crippen molar-refractivity contribution >= 4 is 21.8 Å². The molecule has 0 aliphatic carbocycles. The van der Waals surface area contributed by atoms with Gasteiger partial charge in [0.15, 0.2) is 0 Å². The van der Waals surface area contributed by atoms with Gasteiger partial charge in [-0.25, -0.2) is 0 Å². The Labute approximate surface area is 122 Å². The summed E-state index contributed by atoms with van der Waals surface area (Å²) >= 11 is 0. The molecule has 0 aliphatic rings. The first kappa shape index (κ1) is 15.2. The molecule has 1 N–H and O–H groups in total. The highest BCUT2D eigenvalue weighted by Gasteiger charge is 2.19. The predicted octanol–water partition coefficient (Wildman–Crippen LogP) is 3.21. The Balaban J connectivity index is 2.39. The summed E-state index contributed by atoms with van der Waals surface area (Å²) in [5.41, 5.74) is 1.99. The van der Waals surface area contributed by atoms with Crippen LogP contribution in [0.4, 0.5) is 9.57 Å². The Morgan fingerprint density at radius 3 is 2.43 bits per heavy atom. The molecule has 0 fully saturated rings. The largest absolute Gasteiger partial charge is 0.334 e. The van der Waals surface area contributed by atoms with Crippen LogP contribution in [0.5, 0.6) is 0 Å². The number of anilines is 1. The van der Waals surface area contributed by atoms with Crippen molar-refractivity contribution in [1.82, 2.24) is 0 Å². The lowest BCUT2D eigenvalue weighted by Gasteiger charge is -2.10. The number of nitrogens with one attached hydrogen (secondary N) is 1. The number of hydrogen-bond acceptors (Lipinski definition) is 3. The van der Waals surface area contributed by atoms with Gasteiger partial charge in [0.2, 0.25) is 0 Å². The summed E-state index contributed by atoms with van der Waals surface area (Å²) < 4.78 is 35.3. The molecule has 0 saturated carbocycles. The van der Waals surface area contributed by atoms with E-state index in [1.54, 1.807) is 19.1 Å². The first-order chi connectivity index (χ1) is 9.79. The number of carbonyl (C=O) groups excluding carboxylic acids is 1. The molecule has 2 aromatic rings. The number of aryl methyl sites for hydroxylation is 2.